The molecular weight excluding hydrogens is 244 g/mol. The molecule has 108 valence electrons. The quantitative estimate of drug-likeness (QED) is 0.820. The second-order valence-corrected chi connectivity index (χ2v) is 5.62. The lowest BCUT2D eigenvalue weighted by Crippen LogP contribution is -2.41. The van der Waals surface area contributed by atoms with Gasteiger partial charge in [-0.2, -0.15) is 0 Å². The molecule has 2 rings (SSSR count). The normalized spacial score (nSPS) is 30.0. The molecule has 5 heteroatoms. The van der Waals surface area contributed by atoms with Crippen LogP contribution in [0.5, 0.6) is 0 Å². The van der Waals surface area contributed by atoms with Gasteiger partial charge in [-0.25, -0.2) is 0 Å². The van der Waals surface area contributed by atoms with Gasteiger partial charge in [-0.3, -0.25) is 9.59 Å². The van der Waals surface area contributed by atoms with Crippen molar-refractivity contribution in [2.24, 2.45) is 11.3 Å². The Kier molecular flexibility index (Phi) is 4.45. The van der Waals surface area contributed by atoms with Gasteiger partial charge < -0.3 is 15.0 Å². The van der Waals surface area contributed by atoms with Gasteiger partial charge in [0.15, 0.2) is 0 Å². The van der Waals surface area contributed by atoms with Gasteiger partial charge in [-0.05, 0) is 26.2 Å². The molecule has 1 saturated heterocycles. The van der Waals surface area contributed by atoms with Crippen molar-refractivity contribution < 1.29 is 14.3 Å². The van der Waals surface area contributed by atoms with E-state index in [2.05, 4.69) is 5.32 Å². The van der Waals surface area contributed by atoms with Gasteiger partial charge in [0.2, 0.25) is 11.8 Å². The Labute approximate surface area is 114 Å². The maximum atomic E-state index is 12.0. The highest BCUT2D eigenvalue weighted by Crippen LogP contribution is 2.49. The van der Waals surface area contributed by atoms with Crippen molar-refractivity contribution >= 4 is 11.8 Å². The SMILES string of the molecule is CCOCC(=O)N1CC[C@]2(CCC[C@@H]2C(=O)NC)C1. The molecule has 0 bridgehead atoms. The van der Waals surface area contributed by atoms with Crippen LogP contribution in [0.2, 0.25) is 0 Å². The van der Waals surface area contributed by atoms with Crippen molar-refractivity contribution in [1.82, 2.24) is 10.2 Å². The molecule has 0 aromatic carbocycles. The van der Waals surface area contributed by atoms with E-state index in [9.17, 15) is 9.59 Å². The van der Waals surface area contributed by atoms with Crippen molar-refractivity contribution in [2.75, 3.05) is 33.4 Å². The van der Waals surface area contributed by atoms with Crippen molar-refractivity contribution in [3.63, 3.8) is 0 Å². The Bertz CT molecular complexity index is 359. The summed E-state index contributed by atoms with van der Waals surface area (Å²) in [5, 5.41) is 2.77. The molecule has 2 fully saturated rings. The fourth-order valence-corrected chi connectivity index (χ4v) is 3.60. The molecule has 2 aliphatic rings. The third-order valence-corrected chi connectivity index (χ3v) is 4.64. The van der Waals surface area contributed by atoms with Crippen molar-refractivity contribution in [1.29, 1.82) is 0 Å². The number of ether oxygens (including phenoxy) is 1. The molecule has 5 nitrogen and oxygen atoms in total. The first-order valence-corrected chi connectivity index (χ1v) is 7.20. The molecule has 0 aromatic rings. The van der Waals surface area contributed by atoms with Gasteiger partial charge in [0.1, 0.15) is 6.61 Å². The van der Waals surface area contributed by atoms with E-state index >= 15 is 0 Å². The third-order valence-electron chi connectivity index (χ3n) is 4.64. The maximum Gasteiger partial charge on any atom is 0.248 e. The topological polar surface area (TPSA) is 58.6 Å². The number of hydrogen-bond donors (Lipinski definition) is 1. The summed E-state index contributed by atoms with van der Waals surface area (Å²) in [6.07, 6.45) is 4.05. The summed E-state index contributed by atoms with van der Waals surface area (Å²) in [7, 11) is 1.70. The van der Waals surface area contributed by atoms with Gasteiger partial charge in [-0.1, -0.05) is 6.42 Å². The largest absolute Gasteiger partial charge is 0.372 e. The molecule has 0 unspecified atom stereocenters. The van der Waals surface area contributed by atoms with Crippen molar-refractivity contribution in [3.8, 4) is 0 Å². The molecule has 1 aliphatic heterocycles. The molecule has 0 aromatic heterocycles. The highest BCUT2D eigenvalue weighted by molar-refractivity contribution is 5.81. The van der Waals surface area contributed by atoms with Crippen LogP contribution in [0.4, 0.5) is 0 Å². The Morgan fingerprint density at radius 2 is 2.21 bits per heavy atom. The van der Waals surface area contributed by atoms with E-state index in [1.807, 2.05) is 11.8 Å². The van der Waals surface area contributed by atoms with Gasteiger partial charge in [0.25, 0.3) is 0 Å². The molecule has 2 amide bonds. The first kappa shape index (κ1) is 14.3. The van der Waals surface area contributed by atoms with Gasteiger partial charge >= 0.3 is 0 Å². The van der Waals surface area contributed by atoms with E-state index in [1.165, 1.54) is 0 Å². The molecule has 1 N–H and O–H groups in total. The summed E-state index contributed by atoms with van der Waals surface area (Å²) in [5.41, 5.74) is 0.0158. The van der Waals surface area contributed by atoms with Gasteiger partial charge in [0, 0.05) is 38.1 Å². The summed E-state index contributed by atoms with van der Waals surface area (Å²) in [6.45, 7) is 4.09. The first-order valence-electron chi connectivity index (χ1n) is 7.20. The van der Waals surface area contributed by atoms with E-state index in [0.717, 1.165) is 38.8 Å². The molecule has 2 atom stereocenters. The Morgan fingerprint density at radius 1 is 1.42 bits per heavy atom. The second-order valence-electron chi connectivity index (χ2n) is 5.62. The van der Waals surface area contributed by atoms with Crippen LogP contribution in [0.25, 0.3) is 0 Å². The van der Waals surface area contributed by atoms with Crippen LogP contribution in [-0.2, 0) is 14.3 Å². The standard InChI is InChI=1S/C14H24N2O3/c1-3-19-9-12(17)16-8-7-14(10-16)6-4-5-11(14)13(18)15-2/h11H,3-10H2,1-2H3,(H,15,18)/t11-,14-/m1/s1. The zero-order chi connectivity index (χ0) is 13.9. The second kappa shape index (κ2) is 5.90. The Morgan fingerprint density at radius 3 is 2.89 bits per heavy atom. The van der Waals surface area contributed by atoms with Gasteiger partial charge in [0.05, 0.1) is 0 Å². The van der Waals surface area contributed by atoms with E-state index in [0.29, 0.717) is 6.61 Å². The van der Waals surface area contributed by atoms with Crippen LogP contribution in [0, 0.1) is 11.3 Å². The Hall–Kier alpha value is -1.10. The van der Waals surface area contributed by atoms with E-state index in [-0.39, 0.29) is 29.8 Å². The van der Waals surface area contributed by atoms with Crippen LogP contribution >= 0.6 is 0 Å². The van der Waals surface area contributed by atoms with Crippen LogP contribution in [0.15, 0.2) is 0 Å². The monoisotopic (exact) mass is 268 g/mol. The highest BCUT2D eigenvalue weighted by atomic mass is 16.5. The number of amides is 2. The predicted molar refractivity (Wildman–Crippen MR) is 71.5 cm³/mol. The summed E-state index contributed by atoms with van der Waals surface area (Å²) in [6, 6.07) is 0. The third kappa shape index (κ3) is 2.76. The molecule has 0 radical (unpaired) electrons. The molecule has 19 heavy (non-hydrogen) atoms. The van der Waals surface area contributed by atoms with E-state index < -0.39 is 0 Å². The fraction of sp³-hybridized carbons (Fsp3) is 0.857. The summed E-state index contributed by atoms with van der Waals surface area (Å²) in [5.74, 6) is 0.264. The lowest BCUT2D eigenvalue weighted by molar-refractivity contribution is -0.136. The minimum absolute atomic E-state index is 0.0158. The minimum atomic E-state index is 0.0158. The number of carbonyl (C=O) groups is 2. The molecule has 1 heterocycles. The number of carbonyl (C=O) groups excluding carboxylic acids is 2. The number of hydrogen-bond acceptors (Lipinski definition) is 3. The van der Waals surface area contributed by atoms with Crippen molar-refractivity contribution in [3.05, 3.63) is 0 Å². The number of nitrogens with one attached hydrogen (secondary N) is 1. The van der Waals surface area contributed by atoms with E-state index in [1.54, 1.807) is 7.05 Å². The van der Waals surface area contributed by atoms with Crippen LogP contribution < -0.4 is 5.32 Å². The fourth-order valence-electron chi connectivity index (χ4n) is 3.60. The summed E-state index contributed by atoms with van der Waals surface area (Å²) < 4.78 is 5.18. The van der Waals surface area contributed by atoms with Crippen LogP contribution in [-0.4, -0.2) is 50.1 Å². The molecule has 1 spiro atoms. The smallest absolute Gasteiger partial charge is 0.248 e. The average molecular weight is 268 g/mol. The van der Waals surface area contributed by atoms with Crippen LogP contribution in [0.3, 0.4) is 0 Å². The lowest BCUT2D eigenvalue weighted by Gasteiger charge is -2.30. The highest BCUT2D eigenvalue weighted by Gasteiger charge is 2.50. The predicted octanol–water partition coefficient (Wildman–Crippen LogP) is 0.788. The lowest BCUT2D eigenvalue weighted by atomic mass is 9.76. The van der Waals surface area contributed by atoms with Gasteiger partial charge in [-0.15, -0.1) is 0 Å². The maximum absolute atomic E-state index is 12.0. The number of likely N-dealkylation sites (tertiary alicyclic amines) is 1. The van der Waals surface area contributed by atoms with E-state index in [4.69, 9.17) is 4.74 Å². The summed E-state index contributed by atoms with van der Waals surface area (Å²) in [4.78, 5) is 25.8. The summed E-state index contributed by atoms with van der Waals surface area (Å²) >= 11 is 0. The zero-order valence-electron chi connectivity index (χ0n) is 11.9. The number of nitrogens with zero attached hydrogens (tertiary/aromatic N) is 1. The zero-order valence-corrected chi connectivity index (χ0v) is 11.9. The molecule has 1 saturated carbocycles. The minimum Gasteiger partial charge on any atom is -0.372 e. The average Bonchev–Trinajstić information content (AvgIpc) is 3.03. The first-order chi connectivity index (χ1) is 9.13. The molecular formula is C14H24N2O3. The van der Waals surface area contributed by atoms with Crippen molar-refractivity contribution in [2.45, 2.75) is 32.6 Å². The van der Waals surface area contributed by atoms with Crippen LogP contribution in [0.1, 0.15) is 32.6 Å². The Balaban J connectivity index is 1.99. The molecule has 1 aliphatic carbocycles. The number of rotatable bonds is 4.